The van der Waals surface area contributed by atoms with Crippen LogP contribution in [-0.4, -0.2) is 31.5 Å². The lowest BCUT2D eigenvalue weighted by atomic mass is 10.1. The van der Waals surface area contributed by atoms with E-state index in [9.17, 15) is 26.0 Å². The van der Waals surface area contributed by atoms with Gasteiger partial charge in [0.15, 0.2) is 0 Å². The Kier molecular flexibility index (Phi) is 4.72. The Morgan fingerprint density at radius 1 is 1.29 bits per heavy atom. The van der Waals surface area contributed by atoms with E-state index in [0.29, 0.717) is 11.8 Å². The zero-order valence-corrected chi connectivity index (χ0v) is 12.4. The molecule has 3 nitrogen and oxygen atoms in total. The van der Waals surface area contributed by atoms with Crippen molar-refractivity contribution in [2.75, 3.05) is 16.8 Å². The van der Waals surface area contributed by atoms with Crippen molar-refractivity contribution < 1.29 is 26.0 Å². The van der Waals surface area contributed by atoms with Gasteiger partial charge < -0.3 is 5.32 Å². The Balaban J connectivity index is 2.38. The monoisotopic (exact) mass is 343 g/mol. The van der Waals surface area contributed by atoms with Crippen LogP contribution in [0.1, 0.15) is 12.8 Å². The van der Waals surface area contributed by atoms with Gasteiger partial charge in [-0.05, 0) is 36.8 Å². The summed E-state index contributed by atoms with van der Waals surface area (Å²) in [7, 11) is -5.59. The van der Waals surface area contributed by atoms with E-state index in [2.05, 4.69) is 5.32 Å². The molecule has 0 saturated carbocycles. The average molecular weight is 343 g/mol. The highest BCUT2D eigenvalue weighted by Crippen LogP contribution is 2.35. The van der Waals surface area contributed by atoms with Crippen LogP contribution in [0, 0.1) is 5.82 Å². The quantitative estimate of drug-likeness (QED) is 0.854. The van der Waals surface area contributed by atoms with Gasteiger partial charge in [0, 0.05) is 11.8 Å². The van der Waals surface area contributed by atoms with Crippen LogP contribution >= 0.6 is 11.8 Å². The summed E-state index contributed by atoms with van der Waals surface area (Å²) in [6.07, 6.45) is 1.63. The molecule has 1 heterocycles. The first kappa shape index (κ1) is 16.4. The van der Waals surface area contributed by atoms with Crippen molar-refractivity contribution in [3.63, 3.8) is 0 Å². The molecule has 0 radical (unpaired) electrons. The SMILES string of the molecule is O=S(=O)(c1cc(F)ccc1NC1CCCSC1)C(F)(F)F. The molecule has 0 bridgehead atoms. The van der Waals surface area contributed by atoms with E-state index in [1.165, 1.54) is 0 Å². The maximum absolute atomic E-state index is 13.2. The molecular formula is C12H13F4NO2S2. The Morgan fingerprint density at radius 2 is 2.00 bits per heavy atom. The summed E-state index contributed by atoms with van der Waals surface area (Å²) in [5.41, 5.74) is -5.67. The summed E-state index contributed by atoms with van der Waals surface area (Å²) >= 11 is 1.64. The molecule has 1 aliphatic heterocycles. The fourth-order valence-electron chi connectivity index (χ4n) is 2.04. The molecule has 9 heteroatoms. The molecule has 0 aliphatic carbocycles. The number of hydrogen-bond donors (Lipinski definition) is 1. The molecule has 1 atom stereocenters. The van der Waals surface area contributed by atoms with Gasteiger partial charge in [-0.15, -0.1) is 0 Å². The second-order valence-corrected chi connectivity index (χ2v) is 7.71. The molecule has 1 aliphatic rings. The molecule has 21 heavy (non-hydrogen) atoms. The molecule has 118 valence electrons. The molecule has 1 saturated heterocycles. The van der Waals surface area contributed by atoms with E-state index in [4.69, 9.17) is 0 Å². The summed E-state index contributed by atoms with van der Waals surface area (Å²) in [6, 6.07) is 2.25. The Morgan fingerprint density at radius 3 is 2.57 bits per heavy atom. The van der Waals surface area contributed by atoms with Gasteiger partial charge in [-0.3, -0.25) is 0 Å². The van der Waals surface area contributed by atoms with Crippen molar-refractivity contribution >= 4 is 27.3 Å². The Labute approximate surface area is 124 Å². The first-order chi connectivity index (χ1) is 9.72. The van der Waals surface area contributed by atoms with Gasteiger partial charge in [-0.1, -0.05) is 0 Å². The first-order valence-electron chi connectivity index (χ1n) is 6.17. The van der Waals surface area contributed by atoms with Crippen LogP contribution in [0.2, 0.25) is 0 Å². The van der Waals surface area contributed by atoms with Gasteiger partial charge >= 0.3 is 5.51 Å². The summed E-state index contributed by atoms with van der Waals surface area (Å²) in [6.45, 7) is 0. The fraction of sp³-hybridized carbons (Fsp3) is 0.500. The molecule has 1 aromatic rings. The highest BCUT2D eigenvalue weighted by molar-refractivity contribution is 7.99. The Hall–Kier alpha value is -0.960. The third-order valence-electron chi connectivity index (χ3n) is 3.06. The van der Waals surface area contributed by atoms with Crippen LogP contribution < -0.4 is 5.32 Å². The van der Waals surface area contributed by atoms with Crippen LogP contribution in [0.3, 0.4) is 0 Å². The number of hydrogen-bond acceptors (Lipinski definition) is 4. The molecular weight excluding hydrogens is 330 g/mol. The van der Waals surface area contributed by atoms with E-state index < -0.39 is 26.1 Å². The third kappa shape index (κ3) is 3.63. The second-order valence-electron chi connectivity index (χ2n) is 4.65. The normalized spacial score (nSPS) is 20.3. The highest BCUT2D eigenvalue weighted by Gasteiger charge is 2.48. The largest absolute Gasteiger partial charge is 0.501 e. The van der Waals surface area contributed by atoms with Crippen molar-refractivity contribution in [1.29, 1.82) is 0 Å². The van der Waals surface area contributed by atoms with E-state index in [-0.39, 0.29) is 11.7 Å². The van der Waals surface area contributed by atoms with Gasteiger partial charge in [0.05, 0.1) is 5.69 Å². The predicted octanol–water partition coefficient (Wildman–Crippen LogP) is 3.43. The molecule has 0 amide bonds. The molecule has 2 rings (SSSR count). The maximum Gasteiger partial charge on any atom is 0.501 e. The number of rotatable bonds is 3. The number of halogens is 4. The van der Waals surface area contributed by atoms with Gasteiger partial charge in [-0.25, -0.2) is 12.8 Å². The van der Waals surface area contributed by atoms with Crippen molar-refractivity contribution in [2.45, 2.75) is 29.3 Å². The smallest absolute Gasteiger partial charge is 0.380 e. The van der Waals surface area contributed by atoms with E-state index in [1.54, 1.807) is 11.8 Å². The van der Waals surface area contributed by atoms with Gasteiger partial charge in [-0.2, -0.15) is 24.9 Å². The minimum atomic E-state index is -5.59. The number of nitrogens with one attached hydrogen (secondary N) is 1. The zero-order chi connectivity index (χ0) is 15.7. The topological polar surface area (TPSA) is 46.2 Å². The molecule has 1 aromatic carbocycles. The number of sulfone groups is 1. The molecule has 1 N–H and O–H groups in total. The molecule has 1 unspecified atom stereocenters. The lowest BCUT2D eigenvalue weighted by molar-refractivity contribution is -0.0435. The van der Waals surface area contributed by atoms with Gasteiger partial charge in [0.2, 0.25) is 0 Å². The minimum absolute atomic E-state index is 0.128. The van der Waals surface area contributed by atoms with Crippen LogP contribution in [0.25, 0.3) is 0 Å². The predicted molar refractivity (Wildman–Crippen MR) is 73.6 cm³/mol. The number of thioether (sulfide) groups is 1. The number of anilines is 1. The van der Waals surface area contributed by atoms with E-state index in [0.717, 1.165) is 30.7 Å². The number of alkyl halides is 3. The number of benzene rings is 1. The van der Waals surface area contributed by atoms with E-state index >= 15 is 0 Å². The third-order valence-corrected chi connectivity index (χ3v) is 5.80. The zero-order valence-electron chi connectivity index (χ0n) is 10.8. The van der Waals surface area contributed by atoms with Crippen LogP contribution in [0.5, 0.6) is 0 Å². The lowest BCUT2D eigenvalue weighted by Gasteiger charge is -2.25. The molecule has 0 aromatic heterocycles. The lowest BCUT2D eigenvalue weighted by Crippen LogP contribution is -2.29. The summed E-state index contributed by atoms with van der Waals surface area (Å²) in [5.74, 6) is 0.611. The van der Waals surface area contributed by atoms with Crippen LogP contribution in [0.15, 0.2) is 23.1 Å². The van der Waals surface area contributed by atoms with Crippen LogP contribution in [-0.2, 0) is 9.84 Å². The minimum Gasteiger partial charge on any atom is -0.380 e. The van der Waals surface area contributed by atoms with Gasteiger partial charge in [0.25, 0.3) is 9.84 Å². The van der Waals surface area contributed by atoms with Gasteiger partial charge in [0.1, 0.15) is 10.7 Å². The summed E-state index contributed by atoms with van der Waals surface area (Å²) < 4.78 is 74.2. The second kappa shape index (κ2) is 6.04. The summed E-state index contributed by atoms with van der Waals surface area (Å²) in [5, 5.41) is 2.79. The first-order valence-corrected chi connectivity index (χ1v) is 8.81. The van der Waals surface area contributed by atoms with Crippen molar-refractivity contribution in [2.24, 2.45) is 0 Å². The molecule has 0 spiro atoms. The standard InChI is InChI=1S/C12H13F4NO2S2/c13-8-3-4-10(17-9-2-1-5-20-7-9)11(6-8)21(18,19)12(14,15)16/h3-4,6,9,17H,1-2,5,7H2. The fourth-order valence-corrected chi connectivity index (χ4v) is 4.04. The van der Waals surface area contributed by atoms with Crippen LogP contribution in [0.4, 0.5) is 23.2 Å². The van der Waals surface area contributed by atoms with Crippen molar-refractivity contribution in [3.05, 3.63) is 24.0 Å². The van der Waals surface area contributed by atoms with E-state index in [1.807, 2.05) is 0 Å². The molecule has 1 fully saturated rings. The van der Waals surface area contributed by atoms with Crippen molar-refractivity contribution in [1.82, 2.24) is 0 Å². The maximum atomic E-state index is 13.2. The summed E-state index contributed by atoms with van der Waals surface area (Å²) in [4.78, 5) is -1.06. The average Bonchev–Trinajstić information content (AvgIpc) is 2.40. The Bertz CT molecular complexity index is 610. The van der Waals surface area contributed by atoms with Crippen molar-refractivity contribution in [3.8, 4) is 0 Å². The highest BCUT2D eigenvalue weighted by atomic mass is 32.2.